The van der Waals surface area contributed by atoms with Crippen LogP contribution in [0.15, 0.2) is 0 Å². The van der Waals surface area contributed by atoms with Crippen molar-refractivity contribution in [2.75, 3.05) is 13.7 Å². The smallest absolute Gasteiger partial charge is 0.186 e. The molecule has 0 radical (unpaired) electrons. The molecule has 2 rings (SSSR count). The van der Waals surface area contributed by atoms with Crippen LogP contribution in [0.3, 0.4) is 0 Å². The van der Waals surface area contributed by atoms with E-state index in [1.165, 1.54) is 7.11 Å². The standard InChI is InChI=1S/C14H26O10/c1-22-14-13(21)12(20)9(17)6(24-14)3-2-5-8(16)11(19)10(18)7(4-15)23-5/h5-21H,2-4H2,1H3/t5-,6+,7+,8-,9+,10+,11+,12-,13+,14-/m0/s1. The van der Waals surface area contributed by atoms with Crippen LogP contribution in [0.5, 0.6) is 0 Å². The van der Waals surface area contributed by atoms with Crippen molar-refractivity contribution in [3.05, 3.63) is 0 Å². The van der Waals surface area contributed by atoms with Crippen LogP contribution < -0.4 is 0 Å². The van der Waals surface area contributed by atoms with Crippen molar-refractivity contribution >= 4 is 0 Å². The number of hydrogen-bond donors (Lipinski definition) is 7. The predicted octanol–water partition coefficient (Wildman–Crippen LogP) is -3.94. The first-order valence-electron chi connectivity index (χ1n) is 7.84. The monoisotopic (exact) mass is 354 g/mol. The molecule has 0 aromatic carbocycles. The number of methoxy groups -OCH3 is 1. The molecule has 0 bridgehead atoms. The van der Waals surface area contributed by atoms with Gasteiger partial charge in [0, 0.05) is 7.11 Å². The van der Waals surface area contributed by atoms with Crippen molar-refractivity contribution in [2.45, 2.75) is 74.1 Å². The van der Waals surface area contributed by atoms with Crippen molar-refractivity contribution in [3.63, 3.8) is 0 Å². The molecule has 0 spiro atoms. The summed E-state index contributed by atoms with van der Waals surface area (Å²) in [7, 11) is 1.28. The molecule has 2 aliphatic heterocycles. The van der Waals surface area contributed by atoms with Gasteiger partial charge in [0.2, 0.25) is 0 Å². The first-order chi connectivity index (χ1) is 11.3. The maximum Gasteiger partial charge on any atom is 0.186 e. The molecule has 2 fully saturated rings. The maximum absolute atomic E-state index is 9.99. The molecule has 0 amide bonds. The van der Waals surface area contributed by atoms with Crippen molar-refractivity contribution in [3.8, 4) is 0 Å². The minimum atomic E-state index is -1.47. The summed E-state index contributed by atoms with van der Waals surface area (Å²) >= 11 is 0. The Hall–Kier alpha value is -0.400. The minimum absolute atomic E-state index is 0.114. The molecule has 10 heteroatoms. The molecule has 0 aliphatic carbocycles. The number of hydrogen-bond acceptors (Lipinski definition) is 10. The summed E-state index contributed by atoms with van der Waals surface area (Å²) in [6.45, 7) is -0.527. The molecule has 24 heavy (non-hydrogen) atoms. The van der Waals surface area contributed by atoms with E-state index in [-0.39, 0.29) is 12.8 Å². The van der Waals surface area contributed by atoms with Gasteiger partial charge in [-0.15, -0.1) is 0 Å². The number of aliphatic hydroxyl groups is 7. The zero-order chi connectivity index (χ0) is 18.0. The van der Waals surface area contributed by atoms with Crippen molar-refractivity contribution in [1.29, 1.82) is 0 Å². The fourth-order valence-electron chi connectivity index (χ4n) is 3.10. The van der Waals surface area contributed by atoms with Gasteiger partial charge in [-0.05, 0) is 12.8 Å². The van der Waals surface area contributed by atoms with Gasteiger partial charge in [-0.1, -0.05) is 0 Å². The van der Waals surface area contributed by atoms with Crippen LogP contribution in [0.2, 0.25) is 0 Å². The van der Waals surface area contributed by atoms with E-state index >= 15 is 0 Å². The van der Waals surface area contributed by atoms with Gasteiger partial charge in [-0.25, -0.2) is 0 Å². The van der Waals surface area contributed by atoms with Gasteiger partial charge in [-0.2, -0.15) is 0 Å². The molecule has 2 aliphatic rings. The molecule has 142 valence electrons. The minimum Gasteiger partial charge on any atom is -0.394 e. The number of ether oxygens (including phenoxy) is 3. The fraction of sp³-hybridized carbons (Fsp3) is 1.00. The summed E-state index contributed by atoms with van der Waals surface area (Å²) in [6.07, 6.45) is -12.2. The summed E-state index contributed by atoms with van der Waals surface area (Å²) in [5, 5.41) is 68.1. The van der Waals surface area contributed by atoms with E-state index in [0.717, 1.165) is 0 Å². The molecule has 7 N–H and O–H groups in total. The Bertz CT molecular complexity index is 356. The molecular weight excluding hydrogens is 328 g/mol. The van der Waals surface area contributed by atoms with E-state index in [9.17, 15) is 30.6 Å². The van der Waals surface area contributed by atoms with Gasteiger partial charge < -0.3 is 50.0 Å². The quantitative estimate of drug-likeness (QED) is 0.259. The van der Waals surface area contributed by atoms with Crippen LogP contribution in [0, 0.1) is 0 Å². The zero-order valence-corrected chi connectivity index (χ0v) is 13.3. The van der Waals surface area contributed by atoms with Crippen molar-refractivity contribution in [1.82, 2.24) is 0 Å². The lowest BCUT2D eigenvalue weighted by atomic mass is 9.90. The fourth-order valence-corrected chi connectivity index (χ4v) is 3.10. The van der Waals surface area contributed by atoms with Gasteiger partial charge in [-0.3, -0.25) is 0 Å². The molecule has 0 saturated carbocycles. The average molecular weight is 354 g/mol. The summed E-state index contributed by atoms with van der Waals surface area (Å²) in [5.74, 6) is 0. The van der Waals surface area contributed by atoms with Gasteiger partial charge >= 0.3 is 0 Å². The van der Waals surface area contributed by atoms with Gasteiger partial charge in [0.25, 0.3) is 0 Å². The highest BCUT2D eigenvalue weighted by Gasteiger charge is 2.46. The van der Waals surface area contributed by atoms with Crippen LogP contribution in [0.4, 0.5) is 0 Å². The maximum atomic E-state index is 9.99. The summed E-state index contributed by atoms with van der Waals surface area (Å²) in [4.78, 5) is 0. The Morgan fingerprint density at radius 1 is 0.667 bits per heavy atom. The third kappa shape index (κ3) is 3.88. The lowest BCUT2D eigenvalue weighted by molar-refractivity contribution is -0.293. The Morgan fingerprint density at radius 3 is 1.62 bits per heavy atom. The SMILES string of the molecule is CO[C@H]1O[C@H](CC[C@@H]2O[C@H](CO)[C@@H](O)[C@H](O)[C@H]2O)[C@@H](O)[C@H](O)[C@H]1O. The van der Waals surface area contributed by atoms with E-state index in [4.69, 9.17) is 19.3 Å². The van der Waals surface area contributed by atoms with E-state index in [1.54, 1.807) is 0 Å². The number of rotatable bonds is 5. The highest BCUT2D eigenvalue weighted by molar-refractivity contribution is 4.94. The van der Waals surface area contributed by atoms with E-state index < -0.39 is 67.8 Å². The van der Waals surface area contributed by atoms with Crippen LogP contribution in [0.1, 0.15) is 12.8 Å². The first-order valence-corrected chi connectivity index (χ1v) is 7.84. The van der Waals surface area contributed by atoms with Gasteiger partial charge in [0.15, 0.2) is 6.29 Å². The van der Waals surface area contributed by atoms with E-state index in [2.05, 4.69) is 0 Å². The first kappa shape index (κ1) is 19.9. The molecule has 10 atom stereocenters. The summed E-state index contributed by atoms with van der Waals surface area (Å²) in [6, 6.07) is 0. The second-order valence-corrected chi connectivity index (χ2v) is 6.20. The lowest BCUT2D eigenvalue weighted by Gasteiger charge is -2.42. The molecule has 0 aromatic heterocycles. The van der Waals surface area contributed by atoms with Gasteiger partial charge in [0.05, 0.1) is 18.8 Å². The van der Waals surface area contributed by atoms with Crippen LogP contribution in [0.25, 0.3) is 0 Å². The topological polar surface area (TPSA) is 169 Å². The molecule has 0 unspecified atom stereocenters. The highest BCUT2D eigenvalue weighted by atomic mass is 16.7. The second kappa shape index (κ2) is 8.32. The molecule has 0 aromatic rings. The largest absolute Gasteiger partial charge is 0.394 e. The average Bonchev–Trinajstić information content (AvgIpc) is 2.58. The third-order valence-electron chi connectivity index (χ3n) is 4.63. The predicted molar refractivity (Wildman–Crippen MR) is 76.7 cm³/mol. The van der Waals surface area contributed by atoms with Crippen LogP contribution in [-0.4, -0.2) is 111 Å². The Kier molecular flexibility index (Phi) is 6.90. The van der Waals surface area contributed by atoms with Gasteiger partial charge in [0.1, 0.15) is 42.7 Å². The normalized spacial score (nSPS) is 50.0. The Morgan fingerprint density at radius 2 is 1.12 bits per heavy atom. The van der Waals surface area contributed by atoms with E-state index in [0.29, 0.717) is 0 Å². The summed E-state index contributed by atoms with van der Waals surface area (Å²) in [5.41, 5.74) is 0. The second-order valence-electron chi connectivity index (χ2n) is 6.20. The summed E-state index contributed by atoms with van der Waals surface area (Å²) < 4.78 is 15.6. The Balaban J connectivity index is 1.96. The third-order valence-corrected chi connectivity index (χ3v) is 4.63. The molecule has 2 heterocycles. The van der Waals surface area contributed by atoms with Crippen molar-refractivity contribution < 1.29 is 50.0 Å². The van der Waals surface area contributed by atoms with E-state index in [1.807, 2.05) is 0 Å². The van der Waals surface area contributed by atoms with Crippen LogP contribution in [-0.2, 0) is 14.2 Å². The number of aliphatic hydroxyl groups excluding tert-OH is 7. The molecule has 10 nitrogen and oxygen atoms in total. The van der Waals surface area contributed by atoms with Crippen LogP contribution >= 0.6 is 0 Å². The Labute approximate surface area is 138 Å². The molecule has 2 saturated heterocycles. The van der Waals surface area contributed by atoms with Crippen molar-refractivity contribution in [2.24, 2.45) is 0 Å². The highest BCUT2D eigenvalue weighted by Crippen LogP contribution is 2.28. The lowest BCUT2D eigenvalue weighted by Crippen LogP contribution is -2.60. The molecular formula is C14H26O10. The zero-order valence-electron chi connectivity index (χ0n) is 13.3.